The summed E-state index contributed by atoms with van der Waals surface area (Å²) >= 11 is 0. The number of benzene rings is 2. The molecular weight excluding hydrogens is 279 g/mol. The van der Waals surface area contributed by atoms with Gasteiger partial charge in [-0.15, -0.1) is 0 Å². The van der Waals surface area contributed by atoms with E-state index in [4.69, 9.17) is 4.42 Å². The van der Waals surface area contributed by atoms with Crippen LogP contribution < -0.4 is 0 Å². The Kier molecular flexibility index (Phi) is 3.97. The highest BCUT2D eigenvalue weighted by molar-refractivity contribution is 6.07. The number of furan rings is 1. The van der Waals surface area contributed by atoms with Crippen molar-refractivity contribution in [3.05, 3.63) is 89.9 Å². The second-order valence-corrected chi connectivity index (χ2v) is 4.80. The van der Waals surface area contributed by atoms with Crippen molar-refractivity contribution in [2.24, 2.45) is 0 Å². The molecule has 3 rings (SSSR count). The number of carbonyl (C=O) groups is 1. The van der Waals surface area contributed by atoms with E-state index in [9.17, 15) is 9.18 Å². The highest BCUT2D eigenvalue weighted by atomic mass is 19.1. The normalized spacial score (nSPS) is 11.0. The second kappa shape index (κ2) is 6.22. The topological polar surface area (TPSA) is 30.2 Å². The molecule has 0 atom stereocenters. The molecule has 3 heteroatoms. The standard InChI is InChI=1S/C19H13FO2/c20-17-10-3-14(4-11-17)5-12-18(21)15-6-8-16(9-7-15)19-2-1-13-22-19/h1-13H. The quantitative estimate of drug-likeness (QED) is 0.501. The number of hydrogen-bond donors (Lipinski definition) is 0. The lowest BCUT2D eigenvalue weighted by atomic mass is 10.1. The molecule has 0 aliphatic carbocycles. The molecule has 0 fully saturated rings. The van der Waals surface area contributed by atoms with E-state index in [1.165, 1.54) is 18.2 Å². The maximum Gasteiger partial charge on any atom is 0.185 e. The molecule has 22 heavy (non-hydrogen) atoms. The average molecular weight is 292 g/mol. The van der Waals surface area contributed by atoms with Gasteiger partial charge in [0.05, 0.1) is 6.26 Å². The largest absolute Gasteiger partial charge is 0.464 e. The Hall–Kier alpha value is -2.94. The van der Waals surface area contributed by atoms with Crippen molar-refractivity contribution in [3.8, 4) is 11.3 Å². The van der Waals surface area contributed by atoms with E-state index >= 15 is 0 Å². The summed E-state index contributed by atoms with van der Waals surface area (Å²) in [6, 6.07) is 16.9. The van der Waals surface area contributed by atoms with Gasteiger partial charge in [0.15, 0.2) is 5.78 Å². The SMILES string of the molecule is O=C(C=Cc1ccc(F)cc1)c1ccc(-c2ccco2)cc1. The van der Waals surface area contributed by atoms with Crippen LogP contribution in [-0.2, 0) is 0 Å². The van der Waals surface area contributed by atoms with Gasteiger partial charge in [-0.05, 0) is 35.9 Å². The highest BCUT2D eigenvalue weighted by Crippen LogP contribution is 2.20. The fourth-order valence-electron chi connectivity index (χ4n) is 2.08. The molecule has 0 unspecified atom stereocenters. The van der Waals surface area contributed by atoms with E-state index < -0.39 is 0 Å². The van der Waals surface area contributed by atoms with E-state index in [0.717, 1.165) is 16.9 Å². The van der Waals surface area contributed by atoms with Gasteiger partial charge in [0, 0.05) is 11.1 Å². The van der Waals surface area contributed by atoms with Crippen LogP contribution in [0, 0.1) is 5.82 Å². The molecule has 0 bridgehead atoms. The zero-order chi connectivity index (χ0) is 15.4. The van der Waals surface area contributed by atoms with Crippen LogP contribution in [0.3, 0.4) is 0 Å². The van der Waals surface area contributed by atoms with Gasteiger partial charge < -0.3 is 4.42 Å². The summed E-state index contributed by atoms with van der Waals surface area (Å²) in [5, 5.41) is 0. The minimum atomic E-state index is -0.294. The van der Waals surface area contributed by atoms with Crippen molar-refractivity contribution in [2.75, 3.05) is 0 Å². The number of allylic oxidation sites excluding steroid dienone is 1. The number of ketones is 1. The van der Waals surface area contributed by atoms with Gasteiger partial charge in [0.1, 0.15) is 11.6 Å². The Morgan fingerprint density at radius 3 is 2.32 bits per heavy atom. The van der Waals surface area contributed by atoms with Crippen molar-refractivity contribution in [3.63, 3.8) is 0 Å². The smallest absolute Gasteiger partial charge is 0.185 e. The third kappa shape index (κ3) is 3.20. The van der Waals surface area contributed by atoms with Crippen LogP contribution in [0.5, 0.6) is 0 Å². The fraction of sp³-hybridized carbons (Fsp3) is 0. The monoisotopic (exact) mass is 292 g/mol. The summed E-state index contributed by atoms with van der Waals surface area (Å²) in [5.74, 6) is 0.369. The molecule has 1 aromatic heterocycles. The Morgan fingerprint density at radius 2 is 1.68 bits per heavy atom. The van der Waals surface area contributed by atoms with Crippen LogP contribution in [0.1, 0.15) is 15.9 Å². The highest BCUT2D eigenvalue weighted by Gasteiger charge is 2.04. The molecular formula is C19H13FO2. The Morgan fingerprint density at radius 1 is 0.955 bits per heavy atom. The van der Waals surface area contributed by atoms with Gasteiger partial charge in [-0.2, -0.15) is 0 Å². The minimum absolute atomic E-state index is 0.102. The van der Waals surface area contributed by atoms with E-state index in [-0.39, 0.29) is 11.6 Å². The van der Waals surface area contributed by atoms with Crippen LogP contribution in [0.25, 0.3) is 17.4 Å². The van der Waals surface area contributed by atoms with Crippen molar-refractivity contribution < 1.29 is 13.6 Å². The molecule has 0 aliphatic heterocycles. The molecule has 0 amide bonds. The first-order chi connectivity index (χ1) is 10.7. The molecule has 2 nitrogen and oxygen atoms in total. The molecule has 3 aromatic rings. The molecule has 0 saturated heterocycles. The van der Waals surface area contributed by atoms with Gasteiger partial charge >= 0.3 is 0 Å². The van der Waals surface area contributed by atoms with Gasteiger partial charge in [0.25, 0.3) is 0 Å². The van der Waals surface area contributed by atoms with Crippen molar-refractivity contribution in [1.82, 2.24) is 0 Å². The third-order valence-corrected chi connectivity index (χ3v) is 3.27. The van der Waals surface area contributed by atoms with E-state index in [2.05, 4.69) is 0 Å². The molecule has 0 N–H and O–H groups in total. The van der Waals surface area contributed by atoms with E-state index in [1.807, 2.05) is 24.3 Å². The molecule has 0 radical (unpaired) electrons. The first-order valence-electron chi connectivity index (χ1n) is 6.84. The van der Waals surface area contributed by atoms with Gasteiger partial charge in [0.2, 0.25) is 0 Å². The first-order valence-corrected chi connectivity index (χ1v) is 6.84. The minimum Gasteiger partial charge on any atom is -0.464 e. The van der Waals surface area contributed by atoms with Crippen LogP contribution >= 0.6 is 0 Å². The van der Waals surface area contributed by atoms with Crippen molar-refractivity contribution in [1.29, 1.82) is 0 Å². The molecule has 2 aromatic carbocycles. The summed E-state index contributed by atoms with van der Waals surface area (Å²) in [4.78, 5) is 12.1. The predicted molar refractivity (Wildman–Crippen MR) is 83.9 cm³/mol. The Balaban J connectivity index is 1.73. The molecule has 0 aliphatic rings. The summed E-state index contributed by atoms with van der Waals surface area (Å²) < 4.78 is 18.1. The summed E-state index contributed by atoms with van der Waals surface area (Å²) in [6.07, 6.45) is 4.76. The Labute approximate surface area is 127 Å². The molecule has 0 saturated carbocycles. The zero-order valence-corrected chi connectivity index (χ0v) is 11.7. The third-order valence-electron chi connectivity index (χ3n) is 3.27. The maximum atomic E-state index is 12.8. The molecule has 108 valence electrons. The predicted octanol–water partition coefficient (Wildman–Crippen LogP) is 4.98. The van der Waals surface area contributed by atoms with Gasteiger partial charge in [-0.25, -0.2) is 4.39 Å². The second-order valence-electron chi connectivity index (χ2n) is 4.80. The Bertz CT molecular complexity index is 782. The van der Waals surface area contributed by atoms with Gasteiger partial charge in [-0.3, -0.25) is 4.79 Å². The van der Waals surface area contributed by atoms with Crippen LogP contribution in [-0.4, -0.2) is 5.78 Å². The first kappa shape index (κ1) is 14.0. The number of hydrogen-bond acceptors (Lipinski definition) is 2. The van der Waals surface area contributed by atoms with Crippen LogP contribution in [0.15, 0.2) is 77.4 Å². The summed E-state index contributed by atoms with van der Waals surface area (Å²) in [6.45, 7) is 0. The lowest BCUT2D eigenvalue weighted by Gasteiger charge is -1.99. The van der Waals surface area contributed by atoms with E-state index in [1.54, 1.807) is 36.6 Å². The van der Waals surface area contributed by atoms with Crippen molar-refractivity contribution in [2.45, 2.75) is 0 Å². The average Bonchev–Trinajstić information content (AvgIpc) is 3.09. The van der Waals surface area contributed by atoms with Crippen molar-refractivity contribution >= 4 is 11.9 Å². The number of carbonyl (C=O) groups excluding carboxylic acids is 1. The molecule has 0 spiro atoms. The molecule has 1 heterocycles. The number of rotatable bonds is 4. The fourth-order valence-corrected chi connectivity index (χ4v) is 2.08. The lowest BCUT2D eigenvalue weighted by molar-refractivity contribution is 0.104. The van der Waals surface area contributed by atoms with Crippen LogP contribution in [0.4, 0.5) is 4.39 Å². The van der Waals surface area contributed by atoms with Crippen LogP contribution in [0.2, 0.25) is 0 Å². The van der Waals surface area contributed by atoms with E-state index in [0.29, 0.717) is 5.56 Å². The summed E-state index contributed by atoms with van der Waals surface area (Å²) in [5.41, 5.74) is 2.29. The zero-order valence-electron chi connectivity index (χ0n) is 11.7. The number of halogens is 1. The van der Waals surface area contributed by atoms with Gasteiger partial charge in [-0.1, -0.05) is 42.5 Å². The lowest BCUT2D eigenvalue weighted by Crippen LogP contribution is -1.93. The summed E-state index contributed by atoms with van der Waals surface area (Å²) in [7, 11) is 0. The maximum absolute atomic E-state index is 12.8.